The van der Waals surface area contributed by atoms with E-state index >= 15 is 0 Å². The first-order chi connectivity index (χ1) is 6.73. The first kappa shape index (κ1) is 11.8. The zero-order chi connectivity index (χ0) is 11.8. The fourth-order valence-corrected chi connectivity index (χ4v) is 1.68. The van der Waals surface area contributed by atoms with Gasteiger partial charge in [-0.15, -0.1) is 0 Å². The highest BCUT2D eigenvalue weighted by Gasteiger charge is 2.24. The van der Waals surface area contributed by atoms with Gasteiger partial charge in [0.1, 0.15) is 16.3 Å². The summed E-state index contributed by atoms with van der Waals surface area (Å²) in [7, 11) is -4.32. The Bertz CT molecular complexity index is 487. The van der Waals surface area contributed by atoms with Crippen LogP contribution in [0.1, 0.15) is 17.8 Å². The van der Waals surface area contributed by atoms with Crippen LogP contribution in [-0.2, 0) is 10.0 Å². The van der Waals surface area contributed by atoms with Gasteiger partial charge in [0.05, 0.1) is 5.69 Å². The van der Waals surface area contributed by atoms with Crippen LogP contribution in [0.25, 0.3) is 0 Å². The highest BCUT2D eigenvalue weighted by atomic mass is 32.2. The summed E-state index contributed by atoms with van der Waals surface area (Å²) in [5, 5.41) is 13.8. The van der Waals surface area contributed by atoms with Crippen LogP contribution >= 0.6 is 0 Å². The monoisotopic (exact) mass is 238 g/mol. The fourth-order valence-electron chi connectivity index (χ4n) is 0.980. The summed E-state index contributed by atoms with van der Waals surface area (Å²) < 4.78 is 46.6. The molecule has 84 valence electrons. The lowest BCUT2D eigenvalue weighted by molar-refractivity contribution is 0.142. The van der Waals surface area contributed by atoms with Gasteiger partial charge < -0.3 is 5.11 Å². The van der Waals surface area contributed by atoms with Crippen LogP contribution in [0.4, 0.5) is 8.78 Å². The lowest BCUT2D eigenvalue weighted by atomic mass is 10.3. The molecule has 5 nitrogen and oxygen atoms in total. The number of nitrogens with zero attached hydrogens (tertiary/aromatic N) is 1. The van der Waals surface area contributed by atoms with Gasteiger partial charge >= 0.3 is 0 Å². The van der Waals surface area contributed by atoms with Gasteiger partial charge in [0.15, 0.2) is 0 Å². The number of halogens is 2. The average molecular weight is 238 g/mol. The summed E-state index contributed by atoms with van der Waals surface area (Å²) in [5.74, 6) is -0.497. The molecule has 0 aliphatic heterocycles. The maximum absolute atomic E-state index is 12.4. The van der Waals surface area contributed by atoms with E-state index in [2.05, 4.69) is 4.98 Å². The lowest BCUT2D eigenvalue weighted by Crippen LogP contribution is -2.16. The Morgan fingerprint density at radius 1 is 1.53 bits per heavy atom. The van der Waals surface area contributed by atoms with Gasteiger partial charge in [0.2, 0.25) is 10.0 Å². The highest BCUT2D eigenvalue weighted by molar-refractivity contribution is 7.89. The molecule has 3 N–H and O–H groups in total. The predicted octanol–water partition coefficient (Wildman–Crippen LogP) is 0.681. The number of primary sulfonamides is 1. The number of alkyl halides is 2. The molecule has 1 aromatic heterocycles. The number of rotatable bonds is 2. The second-order valence-electron chi connectivity index (χ2n) is 2.82. The van der Waals surface area contributed by atoms with Crippen molar-refractivity contribution >= 4 is 10.0 Å². The largest absolute Gasteiger partial charge is 0.506 e. The normalized spacial score (nSPS) is 12.1. The first-order valence-corrected chi connectivity index (χ1v) is 5.29. The second kappa shape index (κ2) is 3.70. The maximum Gasteiger partial charge on any atom is 0.281 e. The lowest BCUT2D eigenvalue weighted by Gasteiger charge is -2.08. The molecule has 0 radical (unpaired) electrons. The summed E-state index contributed by atoms with van der Waals surface area (Å²) in [4.78, 5) is 2.42. The summed E-state index contributed by atoms with van der Waals surface area (Å²) in [5.41, 5.74) is -1.04. The van der Waals surface area contributed by atoms with Crippen LogP contribution in [0.15, 0.2) is 11.0 Å². The third kappa shape index (κ3) is 2.39. The molecule has 0 saturated carbocycles. The van der Waals surface area contributed by atoms with Gasteiger partial charge in [-0.05, 0) is 6.92 Å². The number of pyridine rings is 1. The van der Waals surface area contributed by atoms with Crippen molar-refractivity contribution in [1.29, 1.82) is 0 Å². The topological polar surface area (TPSA) is 93.3 Å². The van der Waals surface area contributed by atoms with Crippen LogP contribution in [0.5, 0.6) is 5.75 Å². The molecule has 15 heavy (non-hydrogen) atoms. The van der Waals surface area contributed by atoms with Crippen molar-refractivity contribution in [1.82, 2.24) is 4.98 Å². The number of aromatic nitrogens is 1. The maximum atomic E-state index is 12.4. The molecule has 0 aliphatic rings. The number of sulfonamides is 1. The standard InChI is InChI=1S/C7H8F2N2O3S/c1-3-4(12)2-5(15(10,13)14)6(11-3)7(8)9/h2,7,12H,1H3,(H2,10,13,14). The Balaban J connectivity index is 3.56. The number of aryl methyl sites for hydroxylation is 1. The van der Waals surface area contributed by atoms with E-state index in [1.165, 1.54) is 6.92 Å². The Hall–Kier alpha value is -1.28. The molecule has 1 rings (SSSR count). The Morgan fingerprint density at radius 3 is 2.47 bits per heavy atom. The predicted molar refractivity (Wildman–Crippen MR) is 47.0 cm³/mol. The van der Waals surface area contributed by atoms with E-state index in [-0.39, 0.29) is 5.69 Å². The van der Waals surface area contributed by atoms with Gasteiger partial charge in [-0.25, -0.2) is 27.3 Å². The SMILES string of the molecule is Cc1nc(C(F)F)c(S(N)(=O)=O)cc1O. The van der Waals surface area contributed by atoms with Crippen LogP contribution in [-0.4, -0.2) is 18.5 Å². The van der Waals surface area contributed by atoms with Crippen molar-refractivity contribution in [3.8, 4) is 5.75 Å². The Morgan fingerprint density at radius 2 is 2.07 bits per heavy atom. The van der Waals surface area contributed by atoms with E-state index in [0.29, 0.717) is 6.07 Å². The molecule has 0 fully saturated rings. The average Bonchev–Trinajstić information content (AvgIpc) is 2.06. The molecule has 1 heterocycles. The van der Waals surface area contributed by atoms with Crippen molar-refractivity contribution in [2.24, 2.45) is 5.14 Å². The molecule has 0 unspecified atom stereocenters. The molecular weight excluding hydrogens is 230 g/mol. The molecule has 0 spiro atoms. The van der Waals surface area contributed by atoms with Crippen LogP contribution in [0, 0.1) is 6.92 Å². The van der Waals surface area contributed by atoms with Crippen LogP contribution in [0.3, 0.4) is 0 Å². The van der Waals surface area contributed by atoms with Crippen molar-refractivity contribution < 1.29 is 22.3 Å². The molecule has 0 aliphatic carbocycles. The number of hydrogen-bond acceptors (Lipinski definition) is 4. The van der Waals surface area contributed by atoms with Gasteiger partial charge in [-0.2, -0.15) is 0 Å². The van der Waals surface area contributed by atoms with E-state index in [1.54, 1.807) is 0 Å². The minimum atomic E-state index is -4.32. The molecular formula is C7H8F2N2O3S. The number of hydrogen-bond donors (Lipinski definition) is 2. The van der Waals surface area contributed by atoms with E-state index in [1.807, 2.05) is 0 Å². The molecule has 1 aromatic rings. The molecule has 0 aromatic carbocycles. The van der Waals surface area contributed by atoms with Crippen molar-refractivity contribution in [2.75, 3.05) is 0 Å². The zero-order valence-electron chi connectivity index (χ0n) is 7.61. The third-order valence-corrected chi connectivity index (χ3v) is 2.63. The summed E-state index contributed by atoms with van der Waals surface area (Å²) >= 11 is 0. The Kier molecular flexibility index (Phi) is 2.91. The van der Waals surface area contributed by atoms with Crippen molar-refractivity contribution in [3.05, 3.63) is 17.5 Å². The zero-order valence-corrected chi connectivity index (χ0v) is 8.42. The van der Waals surface area contributed by atoms with Crippen molar-refractivity contribution in [3.63, 3.8) is 0 Å². The van der Waals surface area contributed by atoms with Gasteiger partial charge in [0.25, 0.3) is 6.43 Å². The van der Waals surface area contributed by atoms with Gasteiger partial charge in [-0.1, -0.05) is 0 Å². The Labute approximate surface area is 84.6 Å². The summed E-state index contributed by atoms with van der Waals surface area (Å²) in [6, 6.07) is 0.666. The smallest absolute Gasteiger partial charge is 0.281 e. The summed E-state index contributed by atoms with van der Waals surface area (Å²) in [6.45, 7) is 1.27. The van der Waals surface area contributed by atoms with Gasteiger partial charge in [0, 0.05) is 6.07 Å². The first-order valence-electron chi connectivity index (χ1n) is 3.75. The van der Waals surface area contributed by atoms with Crippen LogP contribution in [0.2, 0.25) is 0 Å². The molecule has 0 bridgehead atoms. The molecule has 0 amide bonds. The third-order valence-electron chi connectivity index (χ3n) is 1.69. The van der Waals surface area contributed by atoms with E-state index in [0.717, 1.165) is 0 Å². The highest BCUT2D eigenvalue weighted by Crippen LogP contribution is 2.28. The number of aromatic hydroxyl groups is 1. The molecule has 0 atom stereocenters. The molecule has 8 heteroatoms. The number of nitrogens with two attached hydrogens (primary N) is 1. The minimum Gasteiger partial charge on any atom is -0.506 e. The fraction of sp³-hybridized carbons (Fsp3) is 0.286. The van der Waals surface area contributed by atoms with Crippen LogP contribution < -0.4 is 5.14 Å². The van der Waals surface area contributed by atoms with E-state index < -0.39 is 32.8 Å². The van der Waals surface area contributed by atoms with E-state index in [9.17, 15) is 17.2 Å². The van der Waals surface area contributed by atoms with Gasteiger partial charge in [-0.3, -0.25) is 0 Å². The van der Waals surface area contributed by atoms with Crippen molar-refractivity contribution in [2.45, 2.75) is 18.2 Å². The quantitative estimate of drug-likeness (QED) is 0.792. The molecule has 0 saturated heterocycles. The van der Waals surface area contributed by atoms with E-state index in [4.69, 9.17) is 10.2 Å². The summed E-state index contributed by atoms with van der Waals surface area (Å²) in [6.07, 6.45) is -3.07. The second-order valence-corrected chi connectivity index (χ2v) is 4.35. The minimum absolute atomic E-state index is 0.0855.